The Hall–Kier alpha value is -0.840. The van der Waals surface area contributed by atoms with Gasteiger partial charge in [0, 0.05) is 11.0 Å². The molecule has 4 saturated carbocycles. The standard InChI is InChI=1S/C23H34O4/c1-20-8-5-17(24)13-15(20)3-4-19-18(20)6-9-21(2)22(25,10-11-23(19,21)26)16-7-12-27-14-16/h7,12,14-15,17-19,24-26H,3-6,8-11,13H2,1-2H3/t15-,17-,18-,19-,20-,21+,22-,23-/m0/s1. The molecular weight excluding hydrogens is 340 g/mol. The lowest BCUT2D eigenvalue weighted by atomic mass is 9.43. The first-order chi connectivity index (χ1) is 12.7. The fraction of sp³-hybridized carbons (Fsp3) is 0.826. The predicted molar refractivity (Wildman–Crippen MR) is 102 cm³/mol. The number of fused-ring (bicyclic) bond motifs is 5. The van der Waals surface area contributed by atoms with Crippen LogP contribution in [0.1, 0.15) is 77.2 Å². The molecule has 27 heavy (non-hydrogen) atoms. The molecule has 0 spiro atoms. The molecule has 4 nitrogen and oxygen atoms in total. The van der Waals surface area contributed by atoms with Crippen molar-refractivity contribution >= 4 is 0 Å². The van der Waals surface area contributed by atoms with Crippen LogP contribution < -0.4 is 0 Å². The van der Waals surface area contributed by atoms with Crippen molar-refractivity contribution in [3.63, 3.8) is 0 Å². The molecule has 0 bridgehead atoms. The third-order valence-electron chi connectivity index (χ3n) is 9.97. The molecule has 4 heteroatoms. The van der Waals surface area contributed by atoms with E-state index in [1.165, 1.54) is 0 Å². The molecule has 0 saturated heterocycles. The Morgan fingerprint density at radius 3 is 2.52 bits per heavy atom. The summed E-state index contributed by atoms with van der Waals surface area (Å²) >= 11 is 0. The second kappa shape index (κ2) is 5.61. The van der Waals surface area contributed by atoms with E-state index in [0.717, 1.165) is 50.5 Å². The van der Waals surface area contributed by atoms with Gasteiger partial charge in [-0.1, -0.05) is 13.8 Å². The molecule has 0 aromatic carbocycles. The molecule has 4 aliphatic carbocycles. The molecule has 1 aromatic rings. The lowest BCUT2D eigenvalue weighted by Gasteiger charge is -2.64. The Balaban J connectivity index is 1.52. The van der Waals surface area contributed by atoms with Crippen LogP contribution in [0.2, 0.25) is 0 Å². The van der Waals surface area contributed by atoms with Gasteiger partial charge in [0.15, 0.2) is 0 Å². The summed E-state index contributed by atoms with van der Waals surface area (Å²) in [5.74, 6) is 1.31. The maximum absolute atomic E-state index is 12.1. The maximum atomic E-state index is 12.1. The van der Waals surface area contributed by atoms with E-state index < -0.39 is 16.6 Å². The summed E-state index contributed by atoms with van der Waals surface area (Å²) in [5.41, 5.74) is -1.34. The summed E-state index contributed by atoms with van der Waals surface area (Å²) in [7, 11) is 0. The summed E-state index contributed by atoms with van der Waals surface area (Å²) < 4.78 is 5.29. The Morgan fingerprint density at radius 1 is 0.963 bits per heavy atom. The fourth-order valence-corrected chi connectivity index (χ4v) is 8.18. The number of furan rings is 1. The van der Waals surface area contributed by atoms with E-state index in [0.29, 0.717) is 24.7 Å². The number of hydrogen-bond donors (Lipinski definition) is 3. The summed E-state index contributed by atoms with van der Waals surface area (Å²) in [5, 5.41) is 34.0. The molecule has 150 valence electrons. The first-order valence-electron chi connectivity index (χ1n) is 10.9. The molecule has 5 rings (SSSR count). The van der Waals surface area contributed by atoms with E-state index >= 15 is 0 Å². The molecule has 1 aromatic heterocycles. The van der Waals surface area contributed by atoms with Crippen molar-refractivity contribution in [3.8, 4) is 0 Å². The van der Waals surface area contributed by atoms with Gasteiger partial charge >= 0.3 is 0 Å². The van der Waals surface area contributed by atoms with Crippen molar-refractivity contribution in [2.45, 2.75) is 88.9 Å². The van der Waals surface area contributed by atoms with Crippen LogP contribution in [-0.4, -0.2) is 27.0 Å². The van der Waals surface area contributed by atoms with Gasteiger partial charge in [0.05, 0.1) is 24.2 Å². The molecule has 0 radical (unpaired) electrons. The molecule has 4 aliphatic rings. The highest BCUT2D eigenvalue weighted by Crippen LogP contribution is 2.71. The van der Waals surface area contributed by atoms with E-state index in [1.54, 1.807) is 12.5 Å². The zero-order valence-corrected chi connectivity index (χ0v) is 16.7. The molecular formula is C23H34O4. The summed E-state index contributed by atoms with van der Waals surface area (Å²) in [6, 6.07) is 1.86. The Labute approximate surface area is 162 Å². The lowest BCUT2D eigenvalue weighted by molar-refractivity contribution is -0.238. The minimum Gasteiger partial charge on any atom is -0.472 e. The summed E-state index contributed by atoms with van der Waals surface area (Å²) in [6.07, 6.45) is 11.3. The van der Waals surface area contributed by atoms with Gasteiger partial charge in [-0.15, -0.1) is 0 Å². The average molecular weight is 375 g/mol. The van der Waals surface area contributed by atoms with Crippen LogP contribution in [0.25, 0.3) is 0 Å². The van der Waals surface area contributed by atoms with Crippen molar-refractivity contribution in [2.24, 2.45) is 28.6 Å². The number of aliphatic hydroxyl groups excluding tert-OH is 1. The van der Waals surface area contributed by atoms with Crippen LogP contribution in [0.15, 0.2) is 23.0 Å². The van der Waals surface area contributed by atoms with Crippen LogP contribution >= 0.6 is 0 Å². The smallest absolute Gasteiger partial charge is 0.101 e. The summed E-state index contributed by atoms with van der Waals surface area (Å²) in [6.45, 7) is 4.53. The highest BCUT2D eigenvalue weighted by atomic mass is 16.3. The van der Waals surface area contributed by atoms with Crippen molar-refractivity contribution in [1.29, 1.82) is 0 Å². The van der Waals surface area contributed by atoms with Crippen molar-refractivity contribution in [3.05, 3.63) is 24.2 Å². The fourth-order valence-electron chi connectivity index (χ4n) is 8.18. The van der Waals surface area contributed by atoms with Crippen molar-refractivity contribution in [2.75, 3.05) is 0 Å². The van der Waals surface area contributed by atoms with Crippen LogP contribution in [0, 0.1) is 28.6 Å². The zero-order chi connectivity index (χ0) is 19.1. The van der Waals surface area contributed by atoms with Crippen molar-refractivity contribution in [1.82, 2.24) is 0 Å². The molecule has 0 unspecified atom stereocenters. The average Bonchev–Trinajstić information content (AvgIpc) is 3.24. The number of aliphatic hydroxyl groups is 3. The van der Waals surface area contributed by atoms with Crippen LogP contribution in [-0.2, 0) is 5.60 Å². The maximum Gasteiger partial charge on any atom is 0.101 e. The van der Waals surface area contributed by atoms with Gasteiger partial charge in [-0.05, 0) is 87.0 Å². The van der Waals surface area contributed by atoms with Gasteiger partial charge < -0.3 is 19.7 Å². The van der Waals surface area contributed by atoms with Crippen LogP contribution in [0.5, 0.6) is 0 Å². The van der Waals surface area contributed by atoms with Gasteiger partial charge in [-0.2, -0.15) is 0 Å². The minimum absolute atomic E-state index is 0.144. The van der Waals surface area contributed by atoms with Gasteiger partial charge in [-0.3, -0.25) is 0 Å². The van der Waals surface area contributed by atoms with Crippen LogP contribution in [0.3, 0.4) is 0 Å². The Kier molecular flexibility index (Phi) is 3.78. The van der Waals surface area contributed by atoms with E-state index in [1.807, 2.05) is 6.07 Å². The second-order valence-corrected chi connectivity index (χ2v) is 10.6. The lowest BCUT2D eigenvalue weighted by Crippen LogP contribution is -2.64. The highest BCUT2D eigenvalue weighted by molar-refractivity contribution is 5.30. The summed E-state index contributed by atoms with van der Waals surface area (Å²) in [4.78, 5) is 0. The Morgan fingerprint density at radius 2 is 1.78 bits per heavy atom. The molecule has 4 fully saturated rings. The quantitative estimate of drug-likeness (QED) is 0.695. The number of hydrogen-bond acceptors (Lipinski definition) is 4. The van der Waals surface area contributed by atoms with Crippen LogP contribution in [0.4, 0.5) is 0 Å². The van der Waals surface area contributed by atoms with E-state index in [2.05, 4.69) is 13.8 Å². The Bertz CT molecular complexity index is 716. The molecule has 1 heterocycles. The second-order valence-electron chi connectivity index (χ2n) is 10.6. The van der Waals surface area contributed by atoms with Gasteiger partial charge in [0.2, 0.25) is 0 Å². The van der Waals surface area contributed by atoms with E-state index in [-0.39, 0.29) is 17.4 Å². The SMILES string of the molecule is C[C@]12CC[C@H](O)C[C@@H]1CC[C@H]1[C@@H]2CC[C@]2(C)[C@@](O)(c3ccoc3)CC[C@]12O. The third-order valence-corrected chi connectivity index (χ3v) is 9.97. The van der Waals surface area contributed by atoms with Gasteiger partial charge in [0.1, 0.15) is 5.60 Å². The molecule has 8 atom stereocenters. The molecule has 0 aliphatic heterocycles. The van der Waals surface area contributed by atoms with Gasteiger partial charge in [0.25, 0.3) is 0 Å². The third kappa shape index (κ3) is 2.10. The highest BCUT2D eigenvalue weighted by Gasteiger charge is 2.72. The monoisotopic (exact) mass is 374 g/mol. The largest absolute Gasteiger partial charge is 0.472 e. The molecule has 3 N–H and O–H groups in total. The van der Waals surface area contributed by atoms with Gasteiger partial charge in [-0.25, -0.2) is 0 Å². The predicted octanol–water partition coefficient (Wildman–Crippen LogP) is 3.99. The van der Waals surface area contributed by atoms with E-state index in [4.69, 9.17) is 4.42 Å². The first-order valence-corrected chi connectivity index (χ1v) is 10.9. The minimum atomic E-state index is -1.01. The topological polar surface area (TPSA) is 73.8 Å². The first kappa shape index (κ1) is 18.2. The molecule has 0 amide bonds. The number of rotatable bonds is 1. The normalized spacial score (nSPS) is 54.9. The van der Waals surface area contributed by atoms with E-state index in [9.17, 15) is 15.3 Å². The van der Waals surface area contributed by atoms with Crippen molar-refractivity contribution < 1.29 is 19.7 Å². The zero-order valence-electron chi connectivity index (χ0n) is 16.7.